The average Bonchev–Trinajstić information content (AvgIpc) is 3.10. The molecule has 0 unspecified atom stereocenters. The van der Waals surface area contributed by atoms with Crippen molar-refractivity contribution in [2.45, 2.75) is 12.0 Å². The summed E-state index contributed by atoms with van der Waals surface area (Å²) in [6.45, 7) is 1.90. The van der Waals surface area contributed by atoms with Crippen molar-refractivity contribution in [3.05, 3.63) is 66.0 Å². The molecule has 2 amide bonds. The highest BCUT2D eigenvalue weighted by molar-refractivity contribution is 5.96. The number of amides is 2. The minimum atomic E-state index is -0.361. The van der Waals surface area contributed by atoms with Gasteiger partial charge in [0, 0.05) is 30.9 Å². The van der Waals surface area contributed by atoms with Crippen LogP contribution in [0.15, 0.2) is 54.6 Å². The van der Waals surface area contributed by atoms with Crippen LogP contribution in [-0.4, -0.2) is 60.4 Å². The average molecular weight is 367 g/mol. The molecule has 2 aromatic carbocycles. The second-order valence-corrected chi connectivity index (χ2v) is 7.38. The van der Waals surface area contributed by atoms with Gasteiger partial charge in [0.1, 0.15) is 5.82 Å². The van der Waals surface area contributed by atoms with E-state index in [1.807, 2.05) is 47.2 Å². The highest BCUT2D eigenvalue weighted by Crippen LogP contribution is 2.34. The number of carbonyl (C=O) groups excluding carboxylic acids is 2. The van der Waals surface area contributed by atoms with Crippen LogP contribution >= 0.6 is 0 Å². The third kappa shape index (κ3) is 3.21. The number of hydrogen-bond acceptors (Lipinski definition) is 3. The summed E-state index contributed by atoms with van der Waals surface area (Å²) in [5, 5.41) is 0. The molecule has 2 fully saturated rings. The summed E-state index contributed by atoms with van der Waals surface area (Å²) < 4.78 is 13.6. The fourth-order valence-electron chi connectivity index (χ4n) is 4.07. The topological polar surface area (TPSA) is 43.9 Å². The summed E-state index contributed by atoms with van der Waals surface area (Å²) in [6, 6.07) is 15.4. The first-order valence-corrected chi connectivity index (χ1v) is 9.10. The summed E-state index contributed by atoms with van der Waals surface area (Å²) in [5.41, 5.74) is 0.927. The Balaban J connectivity index is 1.57. The van der Waals surface area contributed by atoms with E-state index in [4.69, 9.17) is 0 Å². The molecule has 27 heavy (non-hydrogen) atoms. The number of piperazine rings is 1. The number of rotatable bonds is 2. The van der Waals surface area contributed by atoms with Crippen molar-refractivity contribution < 1.29 is 14.0 Å². The molecule has 2 heterocycles. The minimum Gasteiger partial charge on any atom is -0.337 e. The molecule has 4 rings (SSSR count). The van der Waals surface area contributed by atoms with Gasteiger partial charge in [0.05, 0.1) is 12.1 Å². The normalized spacial score (nSPS) is 23.3. The second-order valence-electron chi connectivity index (χ2n) is 7.38. The highest BCUT2D eigenvalue weighted by atomic mass is 19.1. The van der Waals surface area contributed by atoms with Crippen molar-refractivity contribution in [2.75, 3.05) is 38.1 Å². The van der Waals surface area contributed by atoms with Crippen LogP contribution in [0.4, 0.5) is 10.1 Å². The smallest absolute Gasteiger partial charge is 0.253 e. The van der Waals surface area contributed by atoms with E-state index in [9.17, 15) is 14.0 Å². The van der Waals surface area contributed by atoms with E-state index in [-0.39, 0.29) is 29.7 Å². The van der Waals surface area contributed by atoms with Crippen molar-refractivity contribution in [3.8, 4) is 0 Å². The monoisotopic (exact) mass is 367 g/mol. The third-order valence-electron chi connectivity index (χ3n) is 5.70. The molecular formula is C21H22FN3O2. The maximum atomic E-state index is 13.6. The van der Waals surface area contributed by atoms with Gasteiger partial charge in [0.2, 0.25) is 5.91 Å². The van der Waals surface area contributed by atoms with Crippen LogP contribution in [-0.2, 0) is 4.79 Å². The first-order chi connectivity index (χ1) is 13.0. The summed E-state index contributed by atoms with van der Waals surface area (Å²) in [6.07, 6.45) is 0.779. The molecule has 0 aliphatic carbocycles. The lowest BCUT2D eigenvalue weighted by molar-refractivity contribution is -0.123. The number of anilines is 1. The summed E-state index contributed by atoms with van der Waals surface area (Å²) in [4.78, 5) is 30.9. The van der Waals surface area contributed by atoms with Gasteiger partial charge in [-0.25, -0.2) is 4.39 Å². The molecule has 0 radical (unpaired) electrons. The van der Waals surface area contributed by atoms with E-state index >= 15 is 0 Å². The van der Waals surface area contributed by atoms with Crippen LogP contribution in [0.1, 0.15) is 16.8 Å². The fraction of sp³-hybridized carbons (Fsp3) is 0.333. The lowest BCUT2D eigenvalue weighted by Gasteiger charge is -2.46. The van der Waals surface area contributed by atoms with E-state index < -0.39 is 0 Å². The molecular weight excluding hydrogens is 345 g/mol. The Morgan fingerprint density at radius 3 is 2.59 bits per heavy atom. The molecule has 1 spiro atoms. The van der Waals surface area contributed by atoms with Crippen LogP contribution in [0.5, 0.6) is 0 Å². The zero-order chi connectivity index (χ0) is 19.0. The molecule has 140 valence electrons. The maximum absolute atomic E-state index is 13.6. The second kappa shape index (κ2) is 6.78. The van der Waals surface area contributed by atoms with Gasteiger partial charge in [-0.1, -0.05) is 24.3 Å². The molecule has 2 aliphatic heterocycles. The van der Waals surface area contributed by atoms with Crippen molar-refractivity contribution in [1.29, 1.82) is 0 Å². The predicted molar refractivity (Wildman–Crippen MR) is 101 cm³/mol. The van der Waals surface area contributed by atoms with E-state index in [0.29, 0.717) is 30.9 Å². The van der Waals surface area contributed by atoms with E-state index in [1.54, 1.807) is 17.0 Å². The van der Waals surface area contributed by atoms with Gasteiger partial charge >= 0.3 is 0 Å². The zero-order valence-corrected chi connectivity index (χ0v) is 15.3. The van der Waals surface area contributed by atoms with Crippen molar-refractivity contribution in [3.63, 3.8) is 0 Å². The van der Waals surface area contributed by atoms with Crippen LogP contribution in [0.25, 0.3) is 0 Å². The Bertz CT molecular complexity index is 873. The Morgan fingerprint density at radius 1 is 1.07 bits per heavy atom. The molecule has 6 heteroatoms. The number of benzene rings is 2. The number of halogens is 1. The zero-order valence-electron chi connectivity index (χ0n) is 15.3. The number of carbonyl (C=O) groups is 2. The van der Waals surface area contributed by atoms with Gasteiger partial charge < -0.3 is 9.80 Å². The fourth-order valence-corrected chi connectivity index (χ4v) is 4.07. The molecule has 0 N–H and O–H groups in total. The van der Waals surface area contributed by atoms with E-state index in [1.165, 1.54) is 12.1 Å². The maximum Gasteiger partial charge on any atom is 0.253 e. The SMILES string of the molecule is CN1CC(=O)N(c2cccc(F)c2)C[C@]12CCN(C(=O)c1ccccc1)C2. The molecule has 2 saturated heterocycles. The van der Waals surface area contributed by atoms with Gasteiger partial charge in [-0.05, 0) is 43.8 Å². The van der Waals surface area contributed by atoms with Gasteiger partial charge in [0.15, 0.2) is 0 Å². The number of nitrogens with zero attached hydrogens (tertiary/aromatic N) is 3. The van der Waals surface area contributed by atoms with Crippen molar-refractivity contribution in [2.24, 2.45) is 0 Å². The Kier molecular flexibility index (Phi) is 4.44. The first kappa shape index (κ1) is 17.7. The van der Waals surface area contributed by atoms with Gasteiger partial charge in [-0.15, -0.1) is 0 Å². The van der Waals surface area contributed by atoms with Crippen LogP contribution in [0.2, 0.25) is 0 Å². The van der Waals surface area contributed by atoms with Crippen LogP contribution in [0, 0.1) is 5.82 Å². The number of hydrogen-bond donors (Lipinski definition) is 0. The summed E-state index contributed by atoms with van der Waals surface area (Å²) in [5.74, 6) is -0.405. The van der Waals surface area contributed by atoms with Crippen molar-refractivity contribution >= 4 is 17.5 Å². The molecule has 2 aliphatic rings. The minimum absolute atomic E-state index is 0.00933. The van der Waals surface area contributed by atoms with Gasteiger partial charge in [0.25, 0.3) is 5.91 Å². The van der Waals surface area contributed by atoms with Crippen molar-refractivity contribution in [1.82, 2.24) is 9.80 Å². The van der Waals surface area contributed by atoms with Gasteiger partial charge in [-0.2, -0.15) is 0 Å². The highest BCUT2D eigenvalue weighted by Gasteiger charge is 2.48. The molecule has 0 bridgehead atoms. The molecule has 0 saturated carbocycles. The Morgan fingerprint density at radius 2 is 1.85 bits per heavy atom. The third-order valence-corrected chi connectivity index (χ3v) is 5.70. The molecule has 2 aromatic rings. The summed E-state index contributed by atoms with van der Waals surface area (Å²) >= 11 is 0. The largest absolute Gasteiger partial charge is 0.337 e. The summed E-state index contributed by atoms with van der Waals surface area (Å²) in [7, 11) is 1.93. The first-order valence-electron chi connectivity index (χ1n) is 9.10. The number of likely N-dealkylation sites (tertiary alicyclic amines) is 1. The lowest BCUT2D eigenvalue weighted by Crippen LogP contribution is -2.64. The standard InChI is InChI=1S/C21H22FN3O2/c1-23-13-19(26)25(18-9-5-8-17(22)12-18)15-21(23)10-11-24(14-21)20(27)16-6-3-2-4-7-16/h2-9,12H,10-11,13-15H2,1H3/t21-/m1/s1. The molecule has 1 atom stereocenters. The number of likely N-dealkylation sites (N-methyl/N-ethyl adjacent to an activating group) is 1. The Labute approximate surface area is 158 Å². The molecule has 0 aromatic heterocycles. The van der Waals surface area contributed by atoms with Gasteiger partial charge in [-0.3, -0.25) is 14.5 Å². The Hall–Kier alpha value is -2.73. The quantitative estimate of drug-likeness (QED) is 0.819. The lowest BCUT2D eigenvalue weighted by atomic mass is 9.92. The van der Waals surface area contributed by atoms with Crippen LogP contribution < -0.4 is 4.90 Å². The van der Waals surface area contributed by atoms with E-state index in [2.05, 4.69) is 0 Å². The predicted octanol–water partition coefficient (Wildman–Crippen LogP) is 2.39. The molecule has 5 nitrogen and oxygen atoms in total. The van der Waals surface area contributed by atoms with E-state index in [0.717, 1.165) is 6.42 Å². The van der Waals surface area contributed by atoms with Crippen LogP contribution in [0.3, 0.4) is 0 Å².